The van der Waals surface area contributed by atoms with E-state index in [1.807, 2.05) is 0 Å². The summed E-state index contributed by atoms with van der Waals surface area (Å²) in [6.45, 7) is 5.19. The van der Waals surface area contributed by atoms with Gasteiger partial charge in [-0.3, -0.25) is 0 Å². The van der Waals surface area contributed by atoms with Gasteiger partial charge in [0, 0.05) is 18.2 Å². The summed E-state index contributed by atoms with van der Waals surface area (Å²) in [4.78, 5) is 0. The molecule has 14 heavy (non-hydrogen) atoms. The average molecular weight is 201 g/mol. The number of nitrogens with one attached hydrogen (secondary N) is 1. The first kappa shape index (κ1) is 10.6. The largest absolute Gasteiger partial charge is 0.377 e. The molecule has 1 nitrogen and oxygen atoms in total. The molecule has 0 heterocycles. The van der Waals surface area contributed by atoms with Crippen molar-refractivity contribution in [2.75, 3.05) is 5.32 Å². The third kappa shape index (κ3) is 2.28. The zero-order chi connectivity index (χ0) is 10.7. The predicted molar refractivity (Wildman–Crippen MR) is 49.6 cm³/mol. The van der Waals surface area contributed by atoms with E-state index in [-0.39, 0.29) is 11.7 Å². The number of rotatable bonds is 3. The van der Waals surface area contributed by atoms with Gasteiger partial charge in [-0.05, 0) is 6.92 Å². The number of halogens is 3. The molecule has 0 saturated heterocycles. The Morgan fingerprint density at radius 1 is 1.21 bits per heavy atom. The van der Waals surface area contributed by atoms with E-state index in [0.29, 0.717) is 6.07 Å². The van der Waals surface area contributed by atoms with Gasteiger partial charge in [0.1, 0.15) is 5.82 Å². The van der Waals surface area contributed by atoms with Gasteiger partial charge in [0.15, 0.2) is 11.6 Å². The van der Waals surface area contributed by atoms with Crippen LogP contribution in [0.3, 0.4) is 0 Å². The Kier molecular flexibility index (Phi) is 3.17. The molecule has 0 aliphatic carbocycles. The maximum Gasteiger partial charge on any atom is 0.161 e. The molecular formula is C10H10F3N. The Labute approximate surface area is 80.2 Å². The van der Waals surface area contributed by atoms with Crippen LogP contribution in [0, 0.1) is 17.5 Å². The molecule has 1 rings (SSSR count). The van der Waals surface area contributed by atoms with E-state index in [4.69, 9.17) is 0 Å². The first-order valence-electron chi connectivity index (χ1n) is 4.08. The van der Waals surface area contributed by atoms with Crippen LogP contribution in [0.25, 0.3) is 0 Å². The SMILES string of the molecule is C=CC(C)Nc1cc(F)c(F)cc1F. The van der Waals surface area contributed by atoms with Gasteiger partial charge in [0.2, 0.25) is 0 Å². The minimum absolute atomic E-state index is 0.0729. The third-order valence-corrected chi connectivity index (χ3v) is 1.75. The number of hydrogen-bond acceptors (Lipinski definition) is 1. The van der Waals surface area contributed by atoms with Crippen molar-refractivity contribution in [2.45, 2.75) is 13.0 Å². The average Bonchev–Trinajstić information content (AvgIpc) is 2.14. The van der Waals surface area contributed by atoms with Gasteiger partial charge in [-0.2, -0.15) is 0 Å². The topological polar surface area (TPSA) is 12.0 Å². The van der Waals surface area contributed by atoms with Crippen LogP contribution in [0.4, 0.5) is 18.9 Å². The molecule has 0 aliphatic rings. The first-order valence-corrected chi connectivity index (χ1v) is 4.08. The van der Waals surface area contributed by atoms with Gasteiger partial charge in [-0.1, -0.05) is 6.08 Å². The lowest BCUT2D eigenvalue weighted by molar-refractivity contribution is 0.496. The van der Waals surface area contributed by atoms with Crippen molar-refractivity contribution in [1.29, 1.82) is 0 Å². The summed E-state index contributed by atoms with van der Waals surface area (Å²) in [5.74, 6) is -3.10. The Bertz CT molecular complexity index is 349. The second kappa shape index (κ2) is 4.17. The second-order valence-corrected chi connectivity index (χ2v) is 2.91. The minimum Gasteiger partial charge on any atom is -0.377 e. The van der Waals surface area contributed by atoms with Crippen molar-refractivity contribution >= 4 is 5.69 Å². The van der Waals surface area contributed by atoms with Crippen molar-refractivity contribution in [3.63, 3.8) is 0 Å². The van der Waals surface area contributed by atoms with E-state index in [9.17, 15) is 13.2 Å². The minimum atomic E-state index is -1.20. The van der Waals surface area contributed by atoms with E-state index in [1.165, 1.54) is 6.08 Å². The van der Waals surface area contributed by atoms with Crippen LogP contribution < -0.4 is 5.32 Å². The Morgan fingerprint density at radius 2 is 1.79 bits per heavy atom. The fourth-order valence-electron chi connectivity index (χ4n) is 0.937. The lowest BCUT2D eigenvalue weighted by Crippen LogP contribution is -2.13. The summed E-state index contributed by atoms with van der Waals surface area (Å²) in [7, 11) is 0. The van der Waals surface area contributed by atoms with Gasteiger partial charge < -0.3 is 5.32 Å². The third-order valence-electron chi connectivity index (χ3n) is 1.75. The molecule has 1 N–H and O–H groups in total. The summed E-state index contributed by atoms with van der Waals surface area (Å²) >= 11 is 0. The van der Waals surface area contributed by atoms with Crippen LogP contribution in [0.5, 0.6) is 0 Å². The summed E-state index contributed by atoms with van der Waals surface area (Å²) < 4.78 is 38.2. The highest BCUT2D eigenvalue weighted by Crippen LogP contribution is 2.19. The van der Waals surface area contributed by atoms with E-state index in [0.717, 1.165) is 6.07 Å². The molecule has 76 valence electrons. The van der Waals surface area contributed by atoms with Crippen molar-refractivity contribution in [3.05, 3.63) is 42.2 Å². The molecule has 1 aromatic rings. The van der Waals surface area contributed by atoms with Crippen LogP contribution in [-0.4, -0.2) is 6.04 Å². The van der Waals surface area contributed by atoms with Crippen LogP contribution >= 0.6 is 0 Å². The van der Waals surface area contributed by atoms with Crippen molar-refractivity contribution in [1.82, 2.24) is 0 Å². The predicted octanol–water partition coefficient (Wildman–Crippen LogP) is 3.09. The Morgan fingerprint density at radius 3 is 2.36 bits per heavy atom. The summed E-state index contributed by atoms with van der Waals surface area (Å²) in [5, 5.41) is 2.63. The lowest BCUT2D eigenvalue weighted by Gasteiger charge is -2.11. The van der Waals surface area contributed by atoms with Crippen LogP contribution in [0.1, 0.15) is 6.92 Å². The van der Waals surface area contributed by atoms with Crippen molar-refractivity contribution in [2.24, 2.45) is 0 Å². The molecule has 0 fully saturated rings. The van der Waals surface area contributed by atoms with E-state index >= 15 is 0 Å². The second-order valence-electron chi connectivity index (χ2n) is 2.91. The van der Waals surface area contributed by atoms with Gasteiger partial charge in [0.05, 0.1) is 5.69 Å². The Balaban J connectivity index is 2.97. The highest BCUT2D eigenvalue weighted by Gasteiger charge is 2.10. The number of benzene rings is 1. The quantitative estimate of drug-likeness (QED) is 0.585. The Hall–Kier alpha value is -1.45. The molecule has 1 aromatic carbocycles. The summed E-state index contributed by atoms with van der Waals surface area (Å²) in [6.07, 6.45) is 1.53. The molecule has 0 spiro atoms. The highest BCUT2D eigenvalue weighted by molar-refractivity contribution is 5.46. The van der Waals surface area contributed by atoms with Gasteiger partial charge in [-0.25, -0.2) is 13.2 Å². The summed E-state index contributed by atoms with van der Waals surface area (Å²) in [5.41, 5.74) is -0.0729. The molecule has 1 unspecified atom stereocenters. The number of hydrogen-bond donors (Lipinski definition) is 1. The molecule has 1 atom stereocenters. The van der Waals surface area contributed by atoms with Gasteiger partial charge in [0.25, 0.3) is 0 Å². The van der Waals surface area contributed by atoms with E-state index < -0.39 is 17.5 Å². The summed E-state index contributed by atoms with van der Waals surface area (Å²) in [6, 6.07) is 1.08. The molecule has 0 amide bonds. The maximum absolute atomic E-state index is 13.0. The zero-order valence-electron chi connectivity index (χ0n) is 7.65. The molecular weight excluding hydrogens is 191 g/mol. The fourth-order valence-corrected chi connectivity index (χ4v) is 0.937. The lowest BCUT2D eigenvalue weighted by atomic mass is 10.2. The zero-order valence-corrected chi connectivity index (χ0v) is 7.65. The van der Waals surface area contributed by atoms with Gasteiger partial charge >= 0.3 is 0 Å². The van der Waals surface area contributed by atoms with Crippen molar-refractivity contribution in [3.8, 4) is 0 Å². The van der Waals surface area contributed by atoms with Gasteiger partial charge in [-0.15, -0.1) is 6.58 Å². The molecule has 0 aromatic heterocycles. The standard InChI is InChI=1S/C10H10F3N/c1-3-6(2)14-10-5-8(12)7(11)4-9(10)13/h3-6,14H,1H2,2H3. The fraction of sp³-hybridized carbons (Fsp3) is 0.200. The normalized spacial score (nSPS) is 12.3. The van der Waals surface area contributed by atoms with Crippen molar-refractivity contribution < 1.29 is 13.2 Å². The molecule has 0 saturated carbocycles. The molecule has 0 aliphatic heterocycles. The maximum atomic E-state index is 13.0. The molecule has 4 heteroatoms. The van der Waals surface area contributed by atoms with E-state index in [2.05, 4.69) is 11.9 Å². The van der Waals surface area contributed by atoms with Crippen LogP contribution in [0.15, 0.2) is 24.8 Å². The highest BCUT2D eigenvalue weighted by atomic mass is 19.2. The molecule has 0 radical (unpaired) electrons. The van der Waals surface area contributed by atoms with E-state index in [1.54, 1.807) is 6.92 Å². The molecule has 0 bridgehead atoms. The first-order chi connectivity index (χ1) is 6.54. The number of anilines is 1. The smallest absolute Gasteiger partial charge is 0.161 e. The van der Waals surface area contributed by atoms with Crippen LogP contribution in [0.2, 0.25) is 0 Å². The van der Waals surface area contributed by atoms with Crippen LogP contribution in [-0.2, 0) is 0 Å². The monoisotopic (exact) mass is 201 g/mol.